The minimum absolute atomic E-state index is 0.222. The molecule has 0 spiro atoms. The average Bonchev–Trinajstić information content (AvgIpc) is 2.67. The van der Waals surface area contributed by atoms with Crippen molar-refractivity contribution < 1.29 is 23.7 Å². The zero-order chi connectivity index (χ0) is 19.1. The van der Waals surface area contributed by atoms with Crippen molar-refractivity contribution in [1.29, 1.82) is 0 Å². The van der Waals surface area contributed by atoms with Gasteiger partial charge in [-0.1, -0.05) is 0 Å². The number of aryl methyl sites for hydroxylation is 1. The highest BCUT2D eigenvalue weighted by atomic mass is 16.5. The van der Waals surface area contributed by atoms with E-state index in [0.717, 1.165) is 11.1 Å². The number of rotatable bonds is 8. The number of hydrogen-bond donors (Lipinski definition) is 1. The number of anilines is 1. The second-order valence-electron chi connectivity index (χ2n) is 5.64. The first-order valence-corrected chi connectivity index (χ1v) is 8.32. The van der Waals surface area contributed by atoms with Gasteiger partial charge in [0.05, 0.1) is 27.9 Å². The third kappa shape index (κ3) is 4.46. The van der Waals surface area contributed by atoms with Crippen LogP contribution >= 0.6 is 0 Å². The summed E-state index contributed by atoms with van der Waals surface area (Å²) >= 11 is 0. The summed E-state index contributed by atoms with van der Waals surface area (Å²) in [4.78, 5) is 12.7. The third-order valence-electron chi connectivity index (χ3n) is 3.98. The van der Waals surface area contributed by atoms with Gasteiger partial charge in [0, 0.05) is 29.5 Å². The molecule has 0 aliphatic heterocycles. The van der Waals surface area contributed by atoms with Crippen molar-refractivity contribution in [2.75, 3.05) is 33.3 Å². The molecule has 0 aliphatic rings. The van der Waals surface area contributed by atoms with Crippen molar-refractivity contribution in [2.24, 2.45) is 0 Å². The van der Waals surface area contributed by atoms with Gasteiger partial charge in [-0.05, 0) is 43.7 Å². The standard InChI is InChI=1S/C20H25NO5/c1-6-26-12-15-10-14(7-8-17(15)23-3)20(22)21-16-11-19(25-5)18(24-4)9-13(16)2/h7-11H,6,12H2,1-5H3,(H,21,22). The zero-order valence-electron chi connectivity index (χ0n) is 15.8. The van der Waals surface area contributed by atoms with Crippen molar-refractivity contribution in [3.63, 3.8) is 0 Å². The van der Waals surface area contributed by atoms with E-state index in [1.807, 2.05) is 19.9 Å². The Hall–Kier alpha value is -2.73. The lowest BCUT2D eigenvalue weighted by Crippen LogP contribution is -2.14. The molecule has 0 saturated carbocycles. The van der Waals surface area contributed by atoms with Gasteiger partial charge >= 0.3 is 0 Å². The van der Waals surface area contributed by atoms with E-state index in [2.05, 4.69) is 5.32 Å². The molecule has 0 radical (unpaired) electrons. The van der Waals surface area contributed by atoms with Crippen LogP contribution < -0.4 is 19.5 Å². The van der Waals surface area contributed by atoms with Crippen LogP contribution in [0.3, 0.4) is 0 Å². The van der Waals surface area contributed by atoms with Crippen molar-refractivity contribution >= 4 is 11.6 Å². The van der Waals surface area contributed by atoms with E-state index in [1.165, 1.54) is 0 Å². The Balaban J connectivity index is 2.27. The molecule has 6 heteroatoms. The number of carbonyl (C=O) groups excluding carboxylic acids is 1. The van der Waals surface area contributed by atoms with E-state index in [9.17, 15) is 4.79 Å². The van der Waals surface area contributed by atoms with Crippen molar-refractivity contribution in [2.45, 2.75) is 20.5 Å². The van der Waals surface area contributed by atoms with E-state index in [4.69, 9.17) is 18.9 Å². The molecule has 0 atom stereocenters. The van der Waals surface area contributed by atoms with Crippen LogP contribution in [0.4, 0.5) is 5.69 Å². The maximum atomic E-state index is 12.7. The molecule has 140 valence electrons. The Morgan fingerprint density at radius 3 is 2.23 bits per heavy atom. The van der Waals surface area contributed by atoms with Crippen LogP contribution in [0.1, 0.15) is 28.4 Å². The fourth-order valence-corrected chi connectivity index (χ4v) is 2.55. The summed E-state index contributed by atoms with van der Waals surface area (Å²) in [6.45, 7) is 4.79. The summed E-state index contributed by atoms with van der Waals surface area (Å²) < 4.78 is 21.4. The molecule has 0 heterocycles. The fraction of sp³-hybridized carbons (Fsp3) is 0.350. The van der Waals surface area contributed by atoms with Gasteiger partial charge < -0.3 is 24.3 Å². The first-order chi connectivity index (χ1) is 12.5. The van der Waals surface area contributed by atoms with Crippen LogP contribution in [0.2, 0.25) is 0 Å². The van der Waals surface area contributed by atoms with Crippen LogP contribution in [0, 0.1) is 6.92 Å². The smallest absolute Gasteiger partial charge is 0.255 e. The fourth-order valence-electron chi connectivity index (χ4n) is 2.55. The number of nitrogens with one attached hydrogen (secondary N) is 1. The van der Waals surface area contributed by atoms with Gasteiger partial charge in [0.1, 0.15) is 5.75 Å². The molecule has 0 bridgehead atoms. The van der Waals surface area contributed by atoms with E-state index in [0.29, 0.717) is 41.7 Å². The van der Waals surface area contributed by atoms with Crippen LogP contribution in [0.15, 0.2) is 30.3 Å². The Morgan fingerprint density at radius 2 is 1.62 bits per heavy atom. The summed E-state index contributed by atoms with van der Waals surface area (Å²) in [6, 6.07) is 8.84. The minimum Gasteiger partial charge on any atom is -0.496 e. The maximum Gasteiger partial charge on any atom is 0.255 e. The predicted octanol–water partition coefficient (Wildman–Crippen LogP) is 3.81. The lowest BCUT2D eigenvalue weighted by atomic mass is 10.1. The van der Waals surface area contributed by atoms with Crippen LogP contribution in [0.25, 0.3) is 0 Å². The molecule has 2 aromatic rings. The summed E-state index contributed by atoms with van der Waals surface area (Å²) in [6.07, 6.45) is 0. The molecular weight excluding hydrogens is 334 g/mol. The molecule has 6 nitrogen and oxygen atoms in total. The zero-order valence-corrected chi connectivity index (χ0v) is 15.8. The summed E-state index contributed by atoms with van der Waals surface area (Å²) in [5.74, 6) is 1.64. The second-order valence-corrected chi connectivity index (χ2v) is 5.64. The number of hydrogen-bond acceptors (Lipinski definition) is 5. The first kappa shape index (κ1) is 19.6. The van der Waals surface area contributed by atoms with Crippen molar-refractivity contribution in [3.8, 4) is 17.2 Å². The van der Waals surface area contributed by atoms with Gasteiger partial charge in [-0.25, -0.2) is 0 Å². The molecule has 0 saturated heterocycles. The van der Waals surface area contributed by atoms with Crippen LogP contribution in [-0.2, 0) is 11.3 Å². The monoisotopic (exact) mass is 359 g/mol. The summed E-state index contributed by atoms with van der Waals surface area (Å²) in [7, 11) is 4.73. The molecule has 2 rings (SSSR count). The first-order valence-electron chi connectivity index (χ1n) is 8.32. The average molecular weight is 359 g/mol. The molecule has 0 fully saturated rings. The highest BCUT2D eigenvalue weighted by Crippen LogP contribution is 2.33. The Bertz CT molecular complexity index is 773. The van der Waals surface area contributed by atoms with Gasteiger partial charge in [-0.2, -0.15) is 0 Å². The third-order valence-corrected chi connectivity index (χ3v) is 3.98. The summed E-state index contributed by atoms with van der Waals surface area (Å²) in [5, 5.41) is 2.92. The quantitative estimate of drug-likeness (QED) is 0.776. The molecule has 0 aliphatic carbocycles. The number of methoxy groups -OCH3 is 3. The Morgan fingerprint density at radius 1 is 0.962 bits per heavy atom. The largest absolute Gasteiger partial charge is 0.496 e. The van der Waals surface area contributed by atoms with E-state index in [-0.39, 0.29) is 5.91 Å². The Kier molecular flexibility index (Phi) is 6.86. The normalized spacial score (nSPS) is 10.3. The highest BCUT2D eigenvalue weighted by molar-refractivity contribution is 6.05. The second kappa shape index (κ2) is 9.10. The summed E-state index contributed by atoms with van der Waals surface area (Å²) in [5.41, 5.74) is 2.88. The topological polar surface area (TPSA) is 66.0 Å². The Labute approximate surface area is 154 Å². The lowest BCUT2D eigenvalue weighted by molar-refractivity contribution is 0.102. The molecule has 0 aromatic heterocycles. The lowest BCUT2D eigenvalue weighted by Gasteiger charge is -2.14. The number of carbonyl (C=O) groups is 1. The van der Waals surface area contributed by atoms with Crippen LogP contribution in [-0.4, -0.2) is 33.8 Å². The molecule has 0 unspecified atom stereocenters. The van der Waals surface area contributed by atoms with E-state index < -0.39 is 0 Å². The molecule has 1 amide bonds. The minimum atomic E-state index is -0.222. The van der Waals surface area contributed by atoms with E-state index >= 15 is 0 Å². The number of amides is 1. The molecule has 1 N–H and O–H groups in total. The predicted molar refractivity (Wildman–Crippen MR) is 101 cm³/mol. The molecular formula is C20H25NO5. The molecule has 26 heavy (non-hydrogen) atoms. The van der Waals surface area contributed by atoms with E-state index in [1.54, 1.807) is 45.6 Å². The SMILES string of the molecule is CCOCc1cc(C(=O)Nc2cc(OC)c(OC)cc2C)ccc1OC. The highest BCUT2D eigenvalue weighted by Gasteiger charge is 2.14. The van der Waals surface area contributed by atoms with Gasteiger partial charge in [0.15, 0.2) is 11.5 Å². The van der Waals surface area contributed by atoms with Gasteiger partial charge in [-0.3, -0.25) is 4.79 Å². The maximum absolute atomic E-state index is 12.7. The van der Waals surface area contributed by atoms with Crippen molar-refractivity contribution in [1.82, 2.24) is 0 Å². The van der Waals surface area contributed by atoms with Gasteiger partial charge in [0.25, 0.3) is 5.91 Å². The number of ether oxygens (including phenoxy) is 4. The van der Waals surface area contributed by atoms with Crippen LogP contribution in [0.5, 0.6) is 17.2 Å². The van der Waals surface area contributed by atoms with Gasteiger partial charge in [0.2, 0.25) is 0 Å². The number of benzene rings is 2. The van der Waals surface area contributed by atoms with Crippen molar-refractivity contribution in [3.05, 3.63) is 47.0 Å². The van der Waals surface area contributed by atoms with Gasteiger partial charge in [-0.15, -0.1) is 0 Å². The molecule has 2 aromatic carbocycles.